The van der Waals surface area contributed by atoms with Crippen LogP contribution in [0.1, 0.15) is 35.3 Å². The smallest absolute Gasteiger partial charge is 0.262 e. The second-order valence-corrected chi connectivity index (χ2v) is 8.12. The molecule has 0 atom stereocenters. The number of benzene rings is 1. The van der Waals surface area contributed by atoms with Gasteiger partial charge in [-0.1, -0.05) is 47.5 Å². The average molecular weight is 444 g/mol. The summed E-state index contributed by atoms with van der Waals surface area (Å²) in [4.78, 5) is 21.2. The molecule has 0 spiro atoms. The van der Waals surface area contributed by atoms with Gasteiger partial charge in [0, 0.05) is 19.6 Å². The average Bonchev–Trinajstić information content (AvgIpc) is 2.89. The molecule has 2 aliphatic rings. The molecule has 1 aromatic heterocycles. The minimum atomic E-state index is -0.121. The van der Waals surface area contributed by atoms with Crippen molar-refractivity contribution >= 4 is 34.7 Å². The third-order valence-electron chi connectivity index (χ3n) is 5.35. The van der Waals surface area contributed by atoms with Crippen LogP contribution in [0.15, 0.2) is 60.0 Å². The molecule has 7 heteroatoms. The second kappa shape index (κ2) is 9.65. The molecular weight excluding hydrogens is 421 g/mol. The summed E-state index contributed by atoms with van der Waals surface area (Å²) in [6.07, 6.45) is 6.47. The van der Waals surface area contributed by atoms with Crippen LogP contribution in [0.5, 0.6) is 5.75 Å². The molecule has 3 heterocycles. The number of nitrogens with zero attached hydrogens (tertiary/aromatic N) is 3. The number of pyridine rings is 1. The predicted molar refractivity (Wildman–Crippen MR) is 120 cm³/mol. The van der Waals surface area contributed by atoms with Crippen LogP contribution in [0.2, 0.25) is 5.15 Å². The van der Waals surface area contributed by atoms with Gasteiger partial charge in [-0.15, -0.1) is 0 Å². The molecule has 0 bridgehead atoms. The SMILES string of the molecule is O=C1c2ccccc2OC=C(Cl)N1CCCCN1CC=C(c2cccc(Cl)n2)CC1. The maximum Gasteiger partial charge on any atom is 0.262 e. The fraction of sp³-hybridized carbons (Fsp3) is 0.304. The molecule has 0 N–H and O–H groups in total. The van der Waals surface area contributed by atoms with Gasteiger partial charge in [0.1, 0.15) is 22.3 Å². The molecule has 156 valence electrons. The Bertz CT molecular complexity index is 990. The molecule has 0 aliphatic carbocycles. The maximum absolute atomic E-state index is 12.8. The zero-order chi connectivity index (χ0) is 20.9. The molecule has 1 aromatic carbocycles. The van der Waals surface area contributed by atoms with E-state index in [1.165, 1.54) is 11.8 Å². The van der Waals surface area contributed by atoms with Gasteiger partial charge in [-0.3, -0.25) is 14.6 Å². The maximum atomic E-state index is 12.8. The van der Waals surface area contributed by atoms with E-state index in [9.17, 15) is 4.79 Å². The molecule has 5 nitrogen and oxygen atoms in total. The number of aromatic nitrogens is 1. The molecule has 1 amide bonds. The number of rotatable bonds is 6. The van der Waals surface area contributed by atoms with Crippen LogP contribution >= 0.6 is 23.2 Å². The fourth-order valence-corrected chi connectivity index (χ4v) is 4.08. The second-order valence-electron chi connectivity index (χ2n) is 7.34. The topological polar surface area (TPSA) is 45.7 Å². The van der Waals surface area contributed by atoms with E-state index < -0.39 is 0 Å². The molecule has 0 unspecified atom stereocenters. The van der Waals surface area contributed by atoms with Crippen LogP contribution in [-0.2, 0) is 0 Å². The summed E-state index contributed by atoms with van der Waals surface area (Å²) in [5.74, 6) is 0.414. The third kappa shape index (κ3) is 4.86. The van der Waals surface area contributed by atoms with E-state index in [0.717, 1.165) is 44.6 Å². The van der Waals surface area contributed by atoms with Gasteiger partial charge < -0.3 is 4.74 Å². The number of hydrogen-bond donors (Lipinski definition) is 0. The molecule has 0 fully saturated rings. The Kier molecular flexibility index (Phi) is 6.72. The van der Waals surface area contributed by atoms with E-state index in [-0.39, 0.29) is 5.91 Å². The van der Waals surface area contributed by atoms with Crippen LogP contribution in [0.4, 0.5) is 0 Å². The van der Waals surface area contributed by atoms with Crippen molar-refractivity contribution in [1.29, 1.82) is 0 Å². The number of amides is 1. The number of hydrogen-bond acceptors (Lipinski definition) is 4. The minimum Gasteiger partial charge on any atom is -0.461 e. The van der Waals surface area contributed by atoms with Crippen LogP contribution in [0.3, 0.4) is 0 Å². The lowest BCUT2D eigenvalue weighted by molar-refractivity contribution is 0.0814. The highest BCUT2D eigenvalue weighted by Gasteiger charge is 2.25. The highest BCUT2D eigenvalue weighted by Crippen LogP contribution is 2.27. The van der Waals surface area contributed by atoms with Crippen molar-refractivity contribution in [2.24, 2.45) is 0 Å². The molecule has 4 rings (SSSR count). The zero-order valence-electron chi connectivity index (χ0n) is 16.6. The normalized spacial score (nSPS) is 17.0. The molecule has 0 saturated carbocycles. The molecule has 0 saturated heterocycles. The van der Waals surface area contributed by atoms with Crippen LogP contribution in [0, 0.1) is 0 Å². The van der Waals surface area contributed by atoms with E-state index in [4.69, 9.17) is 27.9 Å². The predicted octanol–water partition coefficient (Wildman–Crippen LogP) is 5.18. The number of unbranched alkanes of at least 4 members (excludes halogenated alkanes) is 1. The van der Waals surface area contributed by atoms with Gasteiger partial charge in [0.15, 0.2) is 0 Å². The number of carbonyl (C=O) groups excluding carboxylic acids is 1. The summed E-state index contributed by atoms with van der Waals surface area (Å²) in [6, 6.07) is 12.9. The lowest BCUT2D eigenvalue weighted by Gasteiger charge is -2.26. The van der Waals surface area contributed by atoms with Crippen molar-refractivity contribution in [2.75, 3.05) is 26.2 Å². The van der Waals surface area contributed by atoms with Crippen molar-refractivity contribution < 1.29 is 9.53 Å². The number of halogens is 2. The first-order chi connectivity index (χ1) is 14.6. The first kappa shape index (κ1) is 20.9. The number of fused-ring (bicyclic) bond motifs is 1. The van der Waals surface area contributed by atoms with E-state index >= 15 is 0 Å². The van der Waals surface area contributed by atoms with E-state index in [1.807, 2.05) is 24.3 Å². The zero-order valence-corrected chi connectivity index (χ0v) is 18.1. The summed E-state index contributed by atoms with van der Waals surface area (Å²) in [7, 11) is 0. The van der Waals surface area contributed by atoms with Gasteiger partial charge in [-0.05, 0) is 55.6 Å². The standard InChI is InChI=1S/C23H23Cl2N3O2/c24-21-9-5-7-19(26-21)17-10-14-27(15-11-17)12-3-4-13-28-22(25)16-30-20-8-2-1-6-18(20)23(28)29/h1-2,5-10,16H,3-4,11-15H2. The summed E-state index contributed by atoms with van der Waals surface area (Å²) >= 11 is 12.3. The van der Waals surface area contributed by atoms with E-state index in [0.29, 0.717) is 28.2 Å². The van der Waals surface area contributed by atoms with Gasteiger partial charge in [0.05, 0.1) is 11.3 Å². The molecule has 2 aliphatic heterocycles. The van der Waals surface area contributed by atoms with Crippen molar-refractivity contribution in [3.63, 3.8) is 0 Å². The van der Waals surface area contributed by atoms with E-state index in [2.05, 4.69) is 16.0 Å². The van der Waals surface area contributed by atoms with Crippen LogP contribution in [-0.4, -0.2) is 46.9 Å². The Morgan fingerprint density at radius 2 is 1.87 bits per heavy atom. The summed E-state index contributed by atoms with van der Waals surface area (Å²) in [5.41, 5.74) is 2.75. The molecule has 2 aromatic rings. The van der Waals surface area contributed by atoms with E-state index in [1.54, 1.807) is 23.1 Å². The lowest BCUT2D eigenvalue weighted by Crippen LogP contribution is -2.31. The first-order valence-corrected chi connectivity index (χ1v) is 10.8. The highest BCUT2D eigenvalue weighted by molar-refractivity contribution is 6.30. The van der Waals surface area contributed by atoms with Crippen LogP contribution < -0.4 is 4.74 Å². The van der Waals surface area contributed by atoms with Gasteiger partial charge in [0.25, 0.3) is 5.91 Å². The molecule has 0 radical (unpaired) electrons. The van der Waals surface area contributed by atoms with Gasteiger partial charge in [0.2, 0.25) is 0 Å². The first-order valence-electron chi connectivity index (χ1n) is 10.1. The highest BCUT2D eigenvalue weighted by atomic mass is 35.5. The van der Waals surface area contributed by atoms with Gasteiger partial charge in [-0.25, -0.2) is 4.98 Å². The van der Waals surface area contributed by atoms with Crippen molar-refractivity contribution in [2.45, 2.75) is 19.3 Å². The monoisotopic (exact) mass is 443 g/mol. The number of ether oxygens (including phenoxy) is 1. The van der Waals surface area contributed by atoms with Gasteiger partial charge >= 0.3 is 0 Å². The van der Waals surface area contributed by atoms with Crippen molar-refractivity contribution in [3.05, 3.63) is 76.4 Å². The Morgan fingerprint density at radius 3 is 2.67 bits per heavy atom. The number of carbonyl (C=O) groups is 1. The summed E-state index contributed by atoms with van der Waals surface area (Å²) < 4.78 is 5.53. The minimum absolute atomic E-state index is 0.121. The van der Waals surface area contributed by atoms with Gasteiger partial charge in [-0.2, -0.15) is 0 Å². The summed E-state index contributed by atoms with van der Waals surface area (Å²) in [6.45, 7) is 3.43. The molecule has 30 heavy (non-hydrogen) atoms. The number of para-hydroxylation sites is 1. The third-order valence-corrected chi connectivity index (χ3v) is 5.85. The van der Waals surface area contributed by atoms with Crippen molar-refractivity contribution in [3.8, 4) is 5.75 Å². The van der Waals surface area contributed by atoms with Crippen LogP contribution in [0.25, 0.3) is 5.57 Å². The fourth-order valence-electron chi connectivity index (χ4n) is 3.71. The Labute approximate surface area is 186 Å². The van der Waals surface area contributed by atoms with Crippen molar-refractivity contribution in [1.82, 2.24) is 14.8 Å². The quantitative estimate of drug-likeness (QED) is 0.350. The molecular formula is C23H23Cl2N3O2. The Morgan fingerprint density at radius 1 is 1.03 bits per heavy atom. The lowest BCUT2D eigenvalue weighted by atomic mass is 10.0. The Balaban J connectivity index is 1.27. The largest absolute Gasteiger partial charge is 0.461 e. The Hall–Kier alpha value is -2.34. The summed E-state index contributed by atoms with van der Waals surface area (Å²) in [5, 5.41) is 0.843.